The normalized spacial score (nSPS) is 15.4. The van der Waals surface area contributed by atoms with E-state index in [-0.39, 0.29) is 11.8 Å². The van der Waals surface area contributed by atoms with Crippen molar-refractivity contribution in [3.8, 4) is 0 Å². The van der Waals surface area contributed by atoms with E-state index in [1.807, 2.05) is 24.3 Å². The van der Waals surface area contributed by atoms with Crippen molar-refractivity contribution >= 4 is 23.2 Å². The van der Waals surface area contributed by atoms with Gasteiger partial charge in [0.05, 0.1) is 0 Å². The molecule has 1 aromatic rings. The molecule has 2 rings (SSSR count). The van der Waals surface area contributed by atoms with Gasteiger partial charge in [0.15, 0.2) is 0 Å². The summed E-state index contributed by atoms with van der Waals surface area (Å²) in [5.41, 5.74) is 1.52. The van der Waals surface area contributed by atoms with Crippen LogP contribution in [0.4, 0.5) is 11.4 Å². The molecule has 22 heavy (non-hydrogen) atoms. The number of amides is 2. The van der Waals surface area contributed by atoms with Gasteiger partial charge in [-0.15, -0.1) is 0 Å². The Morgan fingerprint density at radius 3 is 2.73 bits per heavy atom. The topological polar surface area (TPSA) is 61.4 Å². The first-order chi connectivity index (χ1) is 10.6. The third kappa shape index (κ3) is 4.84. The van der Waals surface area contributed by atoms with Crippen LogP contribution in [0.15, 0.2) is 24.3 Å². The Labute approximate surface area is 132 Å². The summed E-state index contributed by atoms with van der Waals surface area (Å²) in [6.07, 6.45) is 3.82. The maximum absolute atomic E-state index is 12.1. The van der Waals surface area contributed by atoms with Crippen molar-refractivity contribution < 1.29 is 9.59 Å². The second kappa shape index (κ2) is 7.94. The molecule has 120 valence electrons. The average molecular weight is 303 g/mol. The van der Waals surface area contributed by atoms with Crippen LogP contribution < -0.4 is 15.5 Å². The molecule has 0 saturated carbocycles. The molecule has 2 amide bonds. The molecule has 1 saturated heterocycles. The minimum atomic E-state index is -0.0330. The van der Waals surface area contributed by atoms with Crippen molar-refractivity contribution in [2.75, 3.05) is 30.4 Å². The zero-order chi connectivity index (χ0) is 15.9. The average Bonchev–Trinajstić information content (AvgIpc) is 2.53. The highest BCUT2D eigenvalue weighted by atomic mass is 16.2. The standard InChI is InChI=1S/C17H25N3O2/c1-13(21)20(2)16-5-3-4-15(12-16)19-17(22)7-6-14-8-10-18-11-9-14/h3-5,12,14,18H,6-11H2,1-2H3,(H,19,22). The molecule has 1 heterocycles. The lowest BCUT2D eigenvalue weighted by Gasteiger charge is -2.22. The number of piperidine rings is 1. The van der Waals surface area contributed by atoms with Crippen molar-refractivity contribution in [3.05, 3.63) is 24.3 Å². The fourth-order valence-corrected chi connectivity index (χ4v) is 2.70. The smallest absolute Gasteiger partial charge is 0.224 e. The number of hydrogen-bond donors (Lipinski definition) is 2. The van der Waals surface area contributed by atoms with E-state index in [1.165, 1.54) is 6.92 Å². The van der Waals surface area contributed by atoms with Crippen molar-refractivity contribution in [3.63, 3.8) is 0 Å². The van der Waals surface area contributed by atoms with Gasteiger partial charge < -0.3 is 15.5 Å². The number of nitrogens with one attached hydrogen (secondary N) is 2. The van der Waals surface area contributed by atoms with E-state index in [4.69, 9.17) is 0 Å². The molecule has 0 radical (unpaired) electrons. The summed E-state index contributed by atoms with van der Waals surface area (Å²) in [5, 5.41) is 6.26. The van der Waals surface area contributed by atoms with Crippen LogP contribution >= 0.6 is 0 Å². The number of carbonyl (C=O) groups is 2. The van der Waals surface area contributed by atoms with E-state index < -0.39 is 0 Å². The maximum Gasteiger partial charge on any atom is 0.224 e. The second-order valence-electron chi connectivity index (χ2n) is 5.91. The van der Waals surface area contributed by atoms with Crippen molar-refractivity contribution in [2.45, 2.75) is 32.6 Å². The van der Waals surface area contributed by atoms with Gasteiger partial charge in [-0.2, -0.15) is 0 Å². The lowest BCUT2D eigenvalue weighted by molar-refractivity contribution is -0.117. The summed E-state index contributed by atoms with van der Waals surface area (Å²) in [6, 6.07) is 7.37. The zero-order valence-electron chi connectivity index (χ0n) is 13.4. The Bertz CT molecular complexity index is 524. The van der Waals surface area contributed by atoms with E-state index in [0.717, 1.165) is 43.7 Å². The highest BCUT2D eigenvalue weighted by molar-refractivity contribution is 5.94. The maximum atomic E-state index is 12.1. The van der Waals surface area contributed by atoms with E-state index in [9.17, 15) is 9.59 Å². The quantitative estimate of drug-likeness (QED) is 0.878. The minimum absolute atomic E-state index is 0.0330. The Morgan fingerprint density at radius 1 is 1.32 bits per heavy atom. The molecule has 1 fully saturated rings. The SMILES string of the molecule is CC(=O)N(C)c1cccc(NC(=O)CCC2CCNCC2)c1. The molecular formula is C17H25N3O2. The number of rotatable bonds is 5. The summed E-state index contributed by atoms with van der Waals surface area (Å²) in [5.74, 6) is 0.665. The van der Waals surface area contributed by atoms with Gasteiger partial charge in [0.1, 0.15) is 0 Å². The van der Waals surface area contributed by atoms with Gasteiger partial charge in [0.2, 0.25) is 11.8 Å². The molecule has 1 aromatic carbocycles. The predicted molar refractivity (Wildman–Crippen MR) is 89.0 cm³/mol. The van der Waals surface area contributed by atoms with Crippen molar-refractivity contribution in [2.24, 2.45) is 5.92 Å². The van der Waals surface area contributed by atoms with E-state index in [2.05, 4.69) is 10.6 Å². The monoisotopic (exact) mass is 303 g/mol. The van der Waals surface area contributed by atoms with E-state index >= 15 is 0 Å². The van der Waals surface area contributed by atoms with Crippen LogP contribution in [0, 0.1) is 5.92 Å². The fraction of sp³-hybridized carbons (Fsp3) is 0.529. The number of nitrogens with zero attached hydrogens (tertiary/aromatic N) is 1. The van der Waals surface area contributed by atoms with Crippen molar-refractivity contribution in [1.82, 2.24) is 5.32 Å². The van der Waals surface area contributed by atoms with Gasteiger partial charge in [-0.05, 0) is 56.5 Å². The Kier molecular flexibility index (Phi) is 5.95. The van der Waals surface area contributed by atoms with Gasteiger partial charge in [0, 0.05) is 31.8 Å². The van der Waals surface area contributed by atoms with Crippen LogP contribution in [-0.4, -0.2) is 32.0 Å². The minimum Gasteiger partial charge on any atom is -0.326 e. The summed E-state index contributed by atoms with van der Waals surface area (Å²) in [6.45, 7) is 3.64. The summed E-state index contributed by atoms with van der Waals surface area (Å²) in [7, 11) is 1.72. The molecule has 0 unspecified atom stereocenters. The Morgan fingerprint density at radius 2 is 2.05 bits per heavy atom. The van der Waals surface area contributed by atoms with Crippen molar-refractivity contribution in [1.29, 1.82) is 0 Å². The number of benzene rings is 1. The van der Waals surface area contributed by atoms with Crippen LogP contribution in [0.2, 0.25) is 0 Å². The fourth-order valence-electron chi connectivity index (χ4n) is 2.70. The molecule has 5 nitrogen and oxygen atoms in total. The van der Waals surface area contributed by atoms with Gasteiger partial charge >= 0.3 is 0 Å². The highest BCUT2D eigenvalue weighted by Crippen LogP contribution is 2.20. The molecule has 5 heteroatoms. The van der Waals surface area contributed by atoms with Crippen LogP contribution in [0.25, 0.3) is 0 Å². The van der Waals surface area contributed by atoms with Crippen LogP contribution in [0.3, 0.4) is 0 Å². The molecule has 2 N–H and O–H groups in total. The number of hydrogen-bond acceptors (Lipinski definition) is 3. The lowest BCUT2D eigenvalue weighted by atomic mass is 9.93. The zero-order valence-corrected chi connectivity index (χ0v) is 13.4. The largest absolute Gasteiger partial charge is 0.326 e. The van der Waals surface area contributed by atoms with Crippen LogP contribution in [-0.2, 0) is 9.59 Å². The molecule has 1 aliphatic rings. The molecule has 0 atom stereocenters. The predicted octanol–water partition coefficient (Wildman–Crippen LogP) is 2.39. The molecule has 0 aliphatic carbocycles. The first-order valence-electron chi connectivity index (χ1n) is 7.91. The van der Waals surface area contributed by atoms with E-state index in [0.29, 0.717) is 12.3 Å². The lowest BCUT2D eigenvalue weighted by Crippen LogP contribution is -2.28. The van der Waals surface area contributed by atoms with Crippen LogP contribution in [0.5, 0.6) is 0 Å². The van der Waals surface area contributed by atoms with Gasteiger partial charge in [0.25, 0.3) is 0 Å². The van der Waals surface area contributed by atoms with Gasteiger partial charge in [-0.25, -0.2) is 0 Å². The summed E-state index contributed by atoms with van der Waals surface area (Å²) in [4.78, 5) is 25.0. The molecule has 0 bridgehead atoms. The third-order valence-electron chi connectivity index (χ3n) is 4.23. The number of anilines is 2. The Balaban J connectivity index is 1.85. The first kappa shape index (κ1) is 16.5. The summed E-state index contributed by atoms with van der Waals surface area (Å²) >= 11 is 0. The molecule has 0 spiro atoms. The first-order valence-corrected chi connectivity index (χ1v) is 7.91. The molecule has 1 aliphatic heterocycles. The summed E-state index contributed by atoms with van der Waals surface area (Å²) < 4.78 is 0. The second-order valence-corrected chi connectivity index (χ2v) is 5.91. The van der Waals surface area contributed by atoms with Crippen LogP contribution in [0.1, 0.15) is 32.6 Å². The molecule has 0 aromatic heterocycles. The number of carbonyl (C=O) groups excluding carboxylic acids is 2. The van der Waals surface area contributed by atoms with Gasteiger partial charge in [-0.1, -0.05) is 6.07 Å². The van der Waals surface area contributed by atoms with E-state index in [1.54, 1.807) is 11.9 Å². The Hall–Kier alpha value is -1.88. The van der Waals surface area contributed by atoms with Gasteiger partial charge in [-0.3, -0.25) is 9.59 Å². The highest BCUT2D eigenvalue weighted by Gasteiger charge is 2.14. The molecular weight excluding hydrogens is 278 g/mol. The third-order valence-corrected chi connectivity index (χ3v) is 4.23.